The molecule has 0 aliphatic carbocycles. The summed E-state index contributed by atoms with van der Waals surface area (Å²) in [5.41, 5.74) is 2.25. The van der Waals surface area contributed by atoms with Gasteiger partial charge in [0.1, 0.15) is 17.2 Å². The highest BCUT2D eigenvalue weighted by Crippen LogP contribution is 2.20. The van der Waals surface area contributed by atoms with Gasteiger partial charge in [-0.1, -0.05) is 36.4 Å². The van der Waals surface area contributed by atoms with Gasteiger partial charge in [0.15, 0.2) is 0 Å². The van der Waals surface area contributed by atoms with Crippen molar-refractivity contribution in [2.75, 3.05) is 0 Å². The number of benzene rings is 1. The maximum absolute atomic E-state index is 12.2. The first-order valence-electron chi connectivity index (χ1n) is 5.57. The van der Waals surface area contributed by atoms with Crippen molar-refractivity contribution in [3.63, 3.8) is 0 Å². The van der Waals surface area contributed by atoms with Crippen LogP contribution in [0.2, 0.25) is 0 Å². The Morgan fingerprint density at radius 1 is 1.22 bits per heavy atom. The number of halogens is 1. The molecule has 0 radical (unpaired) electrons. The van der Waals surface area contributed by atoms with E-state index in [2.05, 4.69) is 31.7 Å². The molecule has 5 heteroatoms. The summed E-state index contributed by atoms with van der Waals surface area (Å²) in [6.45, 7) is 0.702. The maximum Gasteiger partial charge on any atom is 0.129 e. The fraction of sp³-hybridized carbons (Fsp3) is 0.154. The summed E-state index contributed by atoms with van der Waals surface area (Å²) in [5.74, 6) is 0.196. The van der Waals surface area contributed by atoms with E-state index in [9.17, 15) is 3.89 Å². The summed E-state index contributed by atoms with van der Waals surface area (Å²) in [4.78, 5) is 3.99. The molecule has 94 valence electrons. The minimum atomic E-state index is 0.163. The van der Waals surface area contributed by atoms with Crippen molar-refractivity contribution in [3.05, 3.63) is 59.8 Å². The Bertz CT molecular complexity index is 478. The summed E-state index contributed by atoms with van der Waals surface area (Å²) >= 11 is 0.163. The van der Waals surface area contributed by atoms with Crippen molar-refractivity contribution in [3.8, 4) is 0 Å². The molecule has 0 saturated heterocycles. The van der Waals surface area contributed by atoms with Crippen molar-refractivity contribution in [1.82, 2.24) is 10.3 Å². The van der Waals surface area contributed by atoms with E-state index in [1.54, 1.807) is 12.3 Å². The normalized spacial score (nSPS) is 12.3. The van der Waals surface area contributed by atoms with Gasteiger partial charge in [-0.2, -0.15) is 3.89 Å². The van der Waals surface area contributed by atoms with Crippen LogP contribution in [0, 0.1) is 0 Å². The molecule has 1 aromatic carbocycles. The molecular weight excluding hydrogens is 266 g/mol. The number of nitrogens with zero attached hydrogens (tertiary/aromatic N) is 1. The Balaban J connectivity index is 1.91. The lowest BCUT2D eigenvalue weighted by atomic mass is 10.2. The first-order chi connectivity index (χ1) is 8.79. The van der Waals surface area contributed by atoms with E-state index in [1.165, 1.54) is 5.56 Å². The molecule has 2 atom stereocenters. The third-order valence-corrected chi connectivity index (χ3v) is 3.58. The second kappa shape index (κ2) is 6.83. The van der Waals surface area contributed by atoms with Crippen molar-refractivity contribution in [2.24, 2.45) is 0 Å². The average molecular weight is 280 g/mol. The molecule has 1 heterocycles. The standard InChI is InChI=1S/C13H14FN2PS/c14-18-12-7-6-10(8-15-12)9-16-13(17)11-4-2-1-3-5-11/h1-8,13,16H,9,17H2. The topological polar surface area (TPSA) is 24.9 Å². The molecular formula is C13H14FN2PS. The Morgan fingerprint density at radius 2 is 2.00 bits per heavy atom. The van der Waals surface area contributed by atoms with Crippen LogP contribution in [0.3, 0.4) is 0 Å². The van der Waals surface area contributed by atoms with Gasteiger partial charge < -0.3 is 5.32 Å². The largest absolute Gasteiger partial charge is 0.303 e. The summed E-state index contributed by atoms with van der Waals surface area (Å²) in [6, 6.07) is 13.7. The maximum atomic E-state index is 12.2. The SMILES string of the molecule is FSc1ccc(CNC(P)c2ccccc2)cn1. The van der Waals surface area contributed by atoms with Gasteiger partial charge in [0, 0.05) is 18.5 Å². The van der Waals surface area contributed by atoms with Crippen LogP contribution in [0.1, 0.15) is 16.9 Å². The van der Waals surface area contributed by atoms with Crippen LogP contribution in [-0.4, -0.2) is 4.98 Å². The number of hydrogen-bond acceptors (Lipinski definition) is 3. The van der Waals surface area contributed by atoms with E-state index >= 15 is 0 Å². The van der Waals surface area contributed by atoms with Gasteiger partial charge in [-0.15, -0.1) is 9.24 Å². The average Bonchev–Trinajstić information content (AvgIpc) is 2.46. The van der Waals surface area contributed by atoms with E-state index in [-0.39, 0.29) is 17.9 Å². The van der Waals surface area contributed by atoms with E-state index in [0.29, 0.717) is 11.6 Å². The molecule has 0 fully saturated rings. The zero-order valence-corrected chi connectivity index (χ0v) is 11.7. The third-order valence-electron chi connectivity index (χ3n) is 2.56. The van der Waals surface area contributed by atoms with Crippen molar-refractivity contribution < 1.29 is 3.89 Å². The van der Waals surface area contributed by atoms with Gasteiger partial charge in [-0.3, -0.25) is 0 Å². The fourth-order valence-corrected chi connectivity index (χ4v) is 2.12. The van der Waals surface area contributed by atoms with Gasteiger partial charge in [-0.25, -0.2) is 4.98 Å². The molecule has 0 bridgehead atoms. The van der Waals surface area contributed by atoms with E-state index < -0.39 is 0 Å². The zero-order chi connectivity index (χ0) is 12.8. The smallest absolute Gasteiger partial charge is 0.129 e. The first kappa shape index (κ1) is 13.5. The van der Waals surface area contributed by atoms with Crippen molar-refractivity contribution >= 4 is 21.4 Å². The van der Waals surface area contributed by atoms with Crippen LogP contribution in [0.5, 0.6) is 0 Å². The Morgan fingerprint density at radius 3 is 2.61 bits per heavy atom. The number of pyridine rings is 1. The predicted molar refractivity (Wildman–Crippen MR) is 76.9 cm³/mol. The van der Waals surface area contributed by atoms with Crippen LogP contribution in [0.15, 0.2) is 53.7 Å². The third kappa shape index (κ3) is 3.77. The van der Waals surface area contributed by atoms with E-state index in [0.717, 1.165) is 5.56 Å². The molecule has 2 unspecified atom stereocenters. The lowest BCUT2D eigenvalue weighted by Crippen LogP contribution is -2.15. The van der Waals surface area contributed by atoms with Gasteiger partial charge >= 0.3 is 0 Å². The summed E-state index contributed by atoms with van der Waals surface area (Å²) in [7, 11) is 2.77. The van der Waals surface area contributed by atoms with Crippen LogP contribution in [-0.2, 0) is 6.54 Å². The van der Waals surface area contributed by atoms with Crippen LogP contribution >= 0.6 is 21.4 Å². The van der Waals surface area contributed by atoms with E-state index in [4.69, 9.17) is 0 Å². The molecule has 0 spiro atoms. The molecule has 18 heavy (non-hydrogen) atoms. The molecule has 2 rings (SSSR count). The van der Waals surface area contributed by atoms with Crippen LogP contribution in [0.25, 0.3) is 0 Å². The van der Waals surface area contributed by atoms with Crippen LogP contribution in [0.4, 0.5) is 3.89 Å². The quantitative estimate of drug-likeness (QED) is 0.845. The Kier molecular flexibility index (Phi) is 5.12. The highest BCUT2D eigenvalue weighted by Gasteiger charge is 2.04. The summed E-state index contributed by atoms with van der Waals surface area (Å²) < 4.78 is 12.2. The zero-order valence-electron chi connectivity index (χ0n) is 9.71. The van der Waals surface area contributed by atoms with Crippen molar-refractivity contribution in [2.45, 2.75) is 17.4 Å². The summed E-state index contributed by atoms with van der Waals surface area (Å²) in [5, 5.41) is 3.77. The van der Waals surface area contributed by atoms with Gasteiger partial charge in [0.2, 0.25) is 0 Å². The Labute approximate surface area is 113 Å². The second-order valence-corrected chi connectivity index (χ2v) is 5.09. The number of rotatable bonds is 5. The monoisotopic (exact) mass is 280 g/mol. The second-order valence-electron chi connectivity index (χ2n) is 3.85. The van der Waals surface area contributed by atoms with E-state index in [1.807, 2.05) is 24.3 Å². The molecule has 1 N–H and O–H groups in total. The lowest BCUT2D eigenvalue weighted by Gasteiger charge is -2.13. The number of hydrogen-bond donors (Lipinski definition) is 1. The van der Waals surface area contributed by atoms with Gasteiger partial charge in [-0.05, 0) is 17.2 Å². The van der Waals surface area contributed by atoms with Gasteiger partial charge in [0.25, 0.3) is 0 Å². The highest BCUT2D eigenvalue weighted by molar-refractivity contribution is 7.94. The molecule has 0 saturated carbocycles. The molecule has 1 aromatic heterocycles. The minimum Gasteiger partial charge on any atom is -0.303 e. The Hall–Kier alpha value is -0.960. The molecule has 0 aliphatic heterocycles. The number of aromatic nitrogens is 1. The van der Waals surface area contributed by atoms with Gasteiger partial charge in [0.05, 0.1) is 0 Å². The predicted octanol–water partition coefficient (Wildman–Crippen LogP) is 3.72. The highest BCUT2D eigenvalue weighted by atomic mass is 32.2. The molecule has 0 amide bonds. The lowest BCUT2D eigenvalue weighted by molar-refractivity contribution is 0.675. The first-order valence-corrected chi connectivity index (χ1v) is 6.95. The molecule has 2 aromatic rings. The molecule has 0 aliphatic rings. The molecule has 2 nitrogen and oxygen atoms in total. The fourth-order valence-electron chi connectivity index (χ4n) is 1.57. The van der Waals surface area contributed by atoms with Crippen LogP contribution < -0.4 is 5.32 Å². The van der Waals surface area contributed by atoms with Crippen molar-refractivity contribution in [1.29, 1.82) is 0 Å². The summed E-state index contributed by atoms with van der Waals surface area (Å²) in [6.07, 6.45) is 1.69. The number of nitrogens with one attached hydrogen (secondary N) is 1. The minimum absolute atomic E-state index is 0.163.